The van der Waals surface area contributed by atoms with Crippen molar-refractivity contribution in [2.75, 3.05) is 0 Å². The highest BCUT2D eigenvalue weighted by Gasteiger charge is 2.18. The number of rotatable bonds is 8. The Labute approximate surface area is 329 Å². The minimum Gasteiger partial charge on any atom is -0.309 e. The molecule has 1 heterocycles. The van der Waals surface area contributed by atoms with Gasteiger partial charge in [0, 0.05) is 27.6 Å². The number of hydrogen-bond donors (Lipinski definition) is 0. The predicted molar refractivity (Wildman–Crippen MR) is 240 cm³/mol. The summed E-state index contributed by atoms with van der Waals surface area (Å²) in [4.78, 5) is 5.59. The molecule has 0 unspecified atom stereocenters. The van der Waals surface area contributed by atoms with Crippen LogP contribution < -0.4 is 0 Å². The third-order valence-corrected chi connectivity index (χ3v) is 11.1. The Morgan fingerprint density at radius 2 is 1.11 bits per heavy atom. The van der Waals surface area contributed by atoms with Crippen LogP contribution in [0.4, 0.5) is 0 Å². The lowest BCUT2D eigenvalue weighted by Crippen LogP contribution is -2.06. The van der Waals surface area contributed by atoms with Crippen LogP contribution in [0.2, 0.25) is 0 Å². The molecule has 0 aliphatic heterocycles. The van der Waals surface area contributed by atoms with E-state index in [0.717, 1.165) is 44.9 Å². The van der Waals surface area contributed by atoms with Gasteiger partial charge >= 0.3 is 0 Å². The fourth-order valence-corrected chi connectivity index (χ4v) is 8.11. The lowest BCUT2D eigenvalue weighted by Gasteiger charge is -2.17. The lowest BCUT2D eigenvalue weighted by molar-refractivity contribution is 1.18. The van der Waals surface area contributed by atoms with Crippen LogP contribution in [0.5, 0.6) is 0 Å². The SMILES string of the molecule is C\C=C(/N=C(\C(C)=C(/C)c1ccccc1)c1cccc(-c2cccc3cc4c(cc23)c2ccccc2n4-c2ccccc2)c1)c1ccccc1-c1ccccc1. The largest absolute Gasteiger partial charge is 0.309 e. The first kappa shape index (κ1) is 34.7. The maximum Gasteiger partial charge on any atom is 0.0741 e. The summed E-state index contributed by atoms with van der Waals surface area (Å²) in [6.07, 6.45) is 2.14. The highest BCUT2D eigenvalue weighted by molar-refractivity contribution is 6.19. The van der Waals surface area contributed by atoms with Crippen molar-refractivity contribution in [3.05, 3.63) is 222 Å². The number of aliphatic imine (C=N–C) groups is 1. The molecule has 0 saturated heterocycles. The van der Waals surface area contributed by atoms with Crippen molar-refractivity contribution in [2.24, 2.45) is 4.99 Å². The van der Waals surface area contributed by atoms with Crippen LogP contribution in [-0.4, -0.2) is 10.3 Å². The van der Waals surface area contributed by atoms with E-state index in [1.165, 1.54) is 54.8 Å². The van der Waals surface area contributed by atoms with E-state index in [4.69, 9.17) is 4.99 Å². The fraction of sp³-hybridized carbons (Fsp3) is 0.0556. The summed E-state index contributed by atoms with van der Waals surface area (Å²) in [7, 11) is 0. The van der Waals surface area contributed by atoms with Crippen molar-refractivity contribution >= 4 is 49.6 Å². The average Bonchev–Trinajstić information content (AvgIpc) is 3.59. The molecule has 2 heteroatoms. The molecule has 0 fully saturated rings. The van der Waals surface area contributed by atoms with Gasteiger partial charge in [0.05, 0.1) is 22.4 Å². The second kappa shape index (κ2) is 15.0. The van der Waals surface area contributed by atoms with Gasteiger partial charge in [-0.25, -0.2) is 4.99 Å². The smallest absolute Gasteiger partial charge is 0.0741 e. The molecular formula is C54H42N2. The Kier molecular flexibility index (Phi) is 9.31. The van der Waals surface area contributed by atoms with Crippen molar-refractivity contribution in [1.29, 1.82) is 0 Å². The topological polar surface area (TPSA) is 17.3 Å². The van der Waals surface area contributed by atoms with E-state index in [2.05, 4.69) is 226 Å². The molecular weight excluding hydrogens is 677 g/mol. The third-order valence-electron chi connectivity index (χ3n) is 11.1. The van der Waals surface area contributed by atoms with E-state index in [1.54, 1.807) is 0 Å². The molecule has 0 N–H and O–H groups in total. The van der Waals surface area contributed by atoms with Crippen molar-refractivity contribution in [2.45, 2.75) is 20.8 Å². The van der Waals surface area contributed by atoms with E-state index in [9.17, 15) is 0 Å². The van der Waals surface area contributed by atoms with Gasteiger partial charge in [-0.05, 0) is 107 Å². The Bertz CT molecular complexity index is 2960. The molecule has 0 bridgehead atoms. The molecule has 268 valence electrons. The minimum absolute atomic E-state index is 0.937. The van der Waals surface area contributed by atoms with Gasteiger partial charge in [0.1, 0.15) is 0 Å². The highest BCUT2D eigenvalue weighted by atomic mass is 15.0. The number of aromatic nitrogens is 1. The lowest BCUT2D eigenvalue weighted by atomic mass is 9.91. The van der Waals surface area contributed by atoms with E-state index in [0.29, 0.717) is 0 Å². The van der Waals surface area contributed by atoms with Gasteiger partial charge in [0.25, 0.3) is 0 Å². The van der Waals surface area contributed by atoms with Gasteiger partial charge in [-0.3, -0.25) is 0 Å². The molecule has 56 heavy (non-hydrogen) atoms. The molecule has 8 aromatic carbocycles. The summed E-state index contributed by atoms with van der Waals surface area (Å²) >= 11 is 0. The summed E-state index contributed by atoms with van der Waals surface area (Å²) in [5.74, 6) is 0. The first-order valence-electron chi connectivity index (χ1n) is 19.3. The molecule has 0 atom stereocenters. The Hall–Kier alpha value is -7.03. The molecule has 0 radical (unpaired) electrons. The first-order valence-corrected chi connectivity index (χ1v) is 19.3. The van der Waals surface area contributed by atoms with E-state index in [1.807, 2.05) is 0 Å². The van der Waals surface area contributed by atoms with E-state index in [-0.39, 0.29) is 0 Å². The van der Waals surface area contributed by atoms with Gasteiger partial charge in [-0.1, -0.05) is 164 Å². The van der Waals surface area contributed by atoms with Crippen LogP contribution in [0.25, 0.3) is 71.8 Å². The van der Waals surface area contributed by atoms with Crippen LogP contribution in [0.15, 0.2) is 211 Å². The first-order chi connectivity index (χ1) is 27.6. The Balaban J connectivity index is 1.23. The van der Waals surface area contributed by atoms with Gasteiger partial charge in [-0.2, -0.15) is 0 Å². The number of para-hydroxylation sites is 2. The summed E-state index contributed by atoms with van der Waals surface area (Å²) in [6, 6.07) is 69.6. The molecule has 0 aliphatic rings. The normalized spacial score (nSPS) is 12.7. The molecule has 1 aromatic heterocycles. The molecule has 0 aliphatic carbocycles. The molecule has 0 amide bonds. The van der Waals surface area contributed by atoms with E-state index >= 15 is 0 Å². The number of benzene rings is 8. The maximum atomic E-state index is 5.59. The second-order valence-electron chi connectivity index (χ2n) is 14.3. The second-order valence-corrected chi connectivity index (χ2v) is 14.3. The summed E-state index contributed by atoms with van der Waals surface area (Å²) in [6.45, 7) is 6.50. The molecule has 0 spiro atoms. The zero-order chi connectivity index (χ0) is 38.0. The van der Waals surface area contributed by atoms with E-state index < -0.39 is 0 Å². The van der Waals surface area contributed by atoms with Gasteiger partial charge in [-0.15, -0.1) is 0 Å². The van der Waals surface area contributed by atoms with Crippen LogP contribution in [0, 0.1) is 0 Å². The van der Waals surface area contributed by atoms with Crippen LogP contribution >= 0.6 is 0 Å². The molecule has 0 saturated carbocycles. The van der Waals surface area contributed by atoms with Crippen LogP contribution in [0.3, 0.4) is 0 Å². The minimum atomic E-state index is 0.937. The van der Waals surface area contributed by atoms with Crippen molar-refractivity contribution < 1.29 is 0 Å². The Morgan fingerprint density at radius 1 is 0.482 bits per heavy atom. The van der Waals surface area contributed by atoms with Crippen molar-refractivity contribution in [3.63, 3.8) is 0 Å². The van der Waals surface area contributed by atoms with Crippen molar-refractivity contribution in [1.82, 2.24) is 4.57 Å². The third kappa shape index (κ3) is 6.36. The number of hydrogen-bond acceptors (Lipinski definition) is 1. The van der Waals surface area contributed by atoms with Crippen LogP contribution in [-0.2, 0) is 0 Å². The summed E-state index contributed by atoms with van der Waals surface area (Å²) in [5, 5.41) is 4.93. The standard InChI is InChI=1S/C54H42N2/c1-4-51(47-30-15-14-29-45(47)40-22-10-6-11-23-40)55-54(38(3)37(2)39-20-8-5-9-21-39)43-26-18-24-41(34-43)46-32-19-25-42-35-53-50(36-49(42)46)48-31-16-17-33-52(48)56(53)44-27-12-7-13-28-44/h4-36H,1-3H3/b38-37+,51-4-,55-54+. The molecule has 9 rings (SSSR count). The molecule has 9 aromatic rings. The summed E-state index contributed by atoms with van der Waals surface area (Å²) in [5.41, 5.74) is 15.9. The predicted octanol–water partition coefficient (Wildman–Crippen LogP) is 14.6. The number of nitrogens with zero attached hydrogens (tertiary/aromatic N) is 2. The van der Waals surface area contributed by atoms with Crippen LogP contribution in [0.1, 0.15) is 37.5 Å². The molecule has 2 nitrogen and oxygen atoms in total. The highest BCUT2D eigenvalue weighted by Crippen LogP contribution is 2.39. The van der Waals surface area contributed by atoms with Gasteiger partial charge in [0.2, 0.25) is 0 Å². The number of fused-ring (bicyclic) bond motifs is 4. The van der Waals surface area contributed by atoms with Gasteiger partial charge < -0.3 is 4.57 Å². The Morgan fingerprint density at radius 3 is 1.89 bits per heavy atom. The fourth-order valence-electron chi connectivity index (χ4n) is 8.11. The maximum absolute atomic E-state index is 5.59. The average molecular weight is 719 g/mol. The quantitative estimate of drug-likeness (QED) is 0.139. The number of allylic oxidation sites excluding steroid dienone is 3. The van der Waals surface area contributed by atoms with Crippen molar-refractivity contribution in [3.8, 4) is 27.9 Å². The van der Waals surface area contributed by atoms with Gasteiger partial charge in [0.15, 0.2) is 0 Å². The zero-order valence-corrected chi connectivity index (χ0v) is 31.9. The zero-order valence-electron chi connectivity index (χ0n) is 31.9. The summed E-state index contributed by atoms with van der Waals surface area (Å²) < 4.78 is 2.39. The monoisotopic (exact) mass is 718 g/mol.